The van der Waals surface area contributed by atoms with Gasteiger partial charge in [0, 0.05) is 24.7 Å². The lowest BCUT2D eigenvalue weighted by atomic mass is 9.54. The summed E-state index contributed by atoms with van der Waals surface area (Å²) < 4.78 is 0. The Labute approximate surface area is 182 Å². The average molecular weight is 435 g/mol. The van der Waals surface area contributed by atoms with E-state index < -0.39 is 0 Å². The lowest BCUT2D eigenvalue weighted by Gasteiger charge is -2.54. The lowest BCUT2D eigenvalue weighted by Crippen LogP contribution is -2.57. The Morgan fingerprint density at radius 2 is 1.66 bits per heavy atom. The number of benzene rings is 1. The molecule has 156 valence electrons. The number of piperidine rings is 1. The second kappa shape index (κ2) is 7.77. The predicted molar refractivity (Wildman–Crippen MR) is 114 cm³/mol. The molecule has 6 rings (SSSR count). The minimum atomic E-state index is -0.118. The second-order valence-corrected chi connectivity index (χ2v) is 10.5. The Morgan fingerprint density at radius 3 is 2.31 bits per heavy atom. The molecule has 4 nitrogen and oxygen atoms in total. The van der Waals surface area contributed by atoms with E-state index in [0.717, 1.165) is 24.7 Å². The Bertz CT molecular complexity index is 799. The molecule has 1 aromatic carbocycles. The van der Waals surface area contributed by atoms with Crippen molar-refractivity contribution in [3.63, 3.8) is 0 Å². The van der Waals surface area contributed by atoms with Gasteiger partial charge in [-0.2, -0.15) is 0 Å². The fourth-order valence-corrected chi connectivity index (χ4v) is 6.93. The molecule has 5 aliphatic rings. The van der Waals surface area contributed by atoms with Crippen molar-refractivity contribution in [1.82, 2.24) is 10.2 Å². The summed E-state index contributed by atoms with van der Waals surface area (Å²) in [5.41, 5.74) is 0.529. The summed E-state index contributed by atoms with van der Waals surface area (Å²) in [7, 11) is 0. The van der Waals surface area contributed by atoms with Gasteiger partial charge in [0.25, 0.3) is 5.91 Å². The predicted octanol–water partition coefficient (Wildman–Crippen LogP) is 4.79. The van der Waals surface area contributed by atoms with Crippen LogP contribution < -0.4 is 5.32 Å². The van der Waals surface area contributed by atoms with Crippen molar-refractivity contribution in [2.24, 2.45) is 29.6 Å². The van der Waals surface area contributed by atoms with Crippen molar-refractivity contribution < 1.29 is 9.59 Å². The maximum absolute atomic E-state index is 13.1. The highest BCUT2D eigenvalue weighted by molar-refractivity contribution is 6.42. The van der Waals surface area contributed by atoms with Crippen LogP contribution in [-0.4, -0.2) is 35.8 Å². The maximum Gasteiger partial charge on any atom is 0.253 e. The molecule has 1 atom stereocenters. The third kappa shape index (κ3) is 3.79. The molecule has 1 unspecified atom stereocenters. The number of rotatable bonds is 3. The highest BCUT2D eigenvalue weighted by Crippen LogP contribution is 2.53. The topological polar surface area (TPSA) is 49.4 Å². The van der Waals surface area contributed by atoms with Crippen LogP contribution in [0.25, 0.3) is 0 Å². The van der Waals surface area contributed by atoms with Crippen LogP contribution in [0.1, 0.15) is 55.3 Å². The summed E-state index contributed by atoms with van der Waals surface area (Å²) in [5.74, 6) is 3.11. The van der Waals surface area contributed by atoms with Gasteiger partial charge in [-0.25, -0.2) is 0 Å². The van der Waals surface area contributed by atoms with Gasteiger partial charge in [-0.05, 0) is 86.8 Å². The molecule has 5 fully saturated rings. The highest BCUT2D eigenvalue weighted by atomic mass is 35.5. The molecular weight excluding hydrogens is 407 g/mol. The number of carbonyl (C=O) groups excluding carboxylic acids is 2. The Balaban J connectivity index is 1.23. The van der Waals surface area contributed by atoms with Crippen molar-refractivity contribution in [3.05, 3.63) is 33.8 Å². The van der Waals surface area contributed by atoms with Crippen LogP contribution in [0.4, 0.5) is 0 Å². The van der Waals surface area contributed by atoms with Gasteiger partial charge in [-0.15, -0.1) is 0 Å². The summed E-state index contributed by atoms with van der Waals surface area (Å²) in [4.78, 5) is 27.8. The van der Waals surface area contributed by atoms with Gasteiger partial charge in [0.05, 0.1) is 16.0 Å². The van der Waals surface area contributed by atoms with E-state index in [4.69, 9.17) is 23.2 Å². The molecule has 29 heavy (non-hydrogen) atoms. The van der Waals surface area contributed by atoms with Crippen LogP contribution in [0.15, 0.2) is 18.2 Å². The van der Waals surface area contributed by atoms with Gasteiger partial charge >= 0.3 is 0 Å². The molecule has 1 heterocycles. The van der Waals surface area contributed by atoms with Gasteiger partial charge in [-0.3, -0.25) is 9.59 Å². The van der Waals surface area contributed by atoms with Crippen molar-refractivity contribution in [1.29, 1.82) is 0 Å². The average Bonchev–Trinajstić information content (AvgIpc) is 2.71. The number of hydrogen-bond acceptors (Lipinski definition) is 2. The molecule has 2 amide bonds. The molecule has 4 aliphatic carbocycles. The largest absolute Gasteiger partial charge is 0.353 e. The van der Waals surface area contributed by atoms with Crippen LogP contribution in [0.5, 0.6) is 0 Å². The molecular formula is C23H28Cl2N2O2. The molecule has 0 spiro atoms. The van der Waals surface area contributed by atoms with Gasteiger partial charge in [0.1, 0.15) is 0 Å². The zero-order valence-electron chi connectivity index (χ0n) is 16.6. The summed E-state index contributed by atoms with van der Waals surface area (Å²) in [5, 5.41) is 4.25. The third-order valence-corrected chi connectivity index (χ3v) is 8.52. The fourth-order valence-electron chi connectivity index (χ4n) is 6.63. The normalized spacial score (nSPS) is 35.6. The highest BCUT2D eigenvalue weighted by Gasteiger charge is 2.49. The number of carbonyl (C=O) groups is 2. The van der Waals surface area contributed by atoms with Crippen LogP contribution in [0.2, 0.25) is 10.0 Å². The summed E-state index contributed by atoms with van der Waals surface area (Å²) in [6.45, 7) is 1.17. The number of nitrogens with one attached hydrogen (secondary N) is 1. The first-order chi connectivity index (χ1) is 14.0. The summed E-state index contributed by atoms with van der Waals surface area (Å²) in [6.07, 6.45) is 8.31. The maximum atomic E-state index is 13.1. The first-order valence-corrected chi connectivity index (χ1v) is 11.8. The van der Waals surface area contributed by atoms with E-state index in [2.05, 4.69) is 5.32 Å². The Morgan fingerprint density at radius 1 is 0.966 bits per heavy atom. The smallest absolute Gasteiger partial charge is 0.253 e. The van der Waals surface area contributed by atoms with E-state index >= 15 is 0 Å². The van der Waals surface area contributed by atoms with Crippen molar-refractivity contribution in [3.8, 4) is 0 Å². The van der Waals surface area contributed by atoms with E-state index in [9.17, 15) is 9.59 Å². The molecule has 1 aromatic rings. The van der Waals surface area contributed by atoms with Crippen LogP contribution >= 0.6 is 23.2 Å². The zero-order chi connectivity index (χ0) is 20.1. The van der Waals surface area contributed by atoms with E-state index in [1.807, 2.05) is 0 Å². The van der Waals surface area contributed by atoms with E-state index in [0.29, 0.717) is 46.6 Å². The van der Waals surface area contributed by atoms with Crippen LogP contribution in [0.3, 0.4) is 0 Å². The number of amides is 2. The summed E-state index contributed by atoms with van der Waals surface area (Å²) in [6, 6.07) is 5.33. The van der Waals surface area contributed by atoms with Crippen LogP contribution in [0, 0.1) is 29.6 Å². The van der Waals surface area contributed by atoms with Gasteiger partial charge in [0.15, 0.2) is 0 Å². The fraction of sp³-hybridized carbons (Fsp3) is 0.652. The van der Waals surface area contributed by atoms with E-state index in [-0.39, 0.29) is 17.7 Å². The first-order valence-electron chi connectivity index (χ1n) is 11.0. The molecule has 1 saturated heterocycles. The van der Waals surface area contributed by atoms with E-state index in [1.54, 1.807) is 23.1 Å². The second-order valence-electron chi connectivity index (χ2n) is 9.68. The molecule has 0 radical (unpaired) electrons. The van der Waals surface area contributed by atoms with E-state index in [1.165, 1.54) is 32.1 Å². The quantitative estimate of drug-likeness (QED) is 0.743. The third-order valence-electron chi connectivity index (χ3n) is 7.78. The van der Waals surface area contributed by atoms with Crippen LogP contribution in [-0.2, 0) is 4.79 Å². The van der Waals surface area contributed by atoms with Gasteiger partial charge < -0.3 is 10.2 Å². The molecule has 4 bridgehead atoms. The van der Waals surface area contributed by atoms with Gasteiger partial charge in [-0.1, -0.05) is 23.2 Å². The number of nitrogens with zero attached hydrogens (tertiary/aromatic N) is 1. The molecule has 1 aliphatic heterocycles. The monoisotopic (exact) mass is 434 g/mol. The number of halogens is 2. The molecule has 0 aromatic heterocycles. The number of likely N-dealkylation sites (tertiary alicyclic amines) is 1. The van der Waals surface area contributed by atoms with Gasteiger partial charge in [0.2, 0.25) is 5.91 Å². The minimum absolute atomic E-state index is 0.0734. The Hall–Kier alpha value is -1.26. The van der Waals surface area contributed by atoms with Crippen molar-refractivity contribution in [2.75, 3.05) is 13.1 Å². The SMILES string of the molecule is O=C(NC1C2CC3CC(C2)CC1C3)C1CCCN(C(=O)c2ccc(Cl)c(Cl)c2)C1. The molecule has 6 heteroatoms. The summed E-state index contributed by atoms with van der Waals surface area (Å²) >= 11 is 12.0. The number of hydrogen-bond donors (Lipinski definition) is 1. The van der Waals surface area contributed by atoms with Crippen molar-refractivity contribution >= 4 is 35.0 Å². The van der Waals surface area contributed by atoms with Crippen molar-refractivity contribution in [2.45, 2.75) is 51.0 Å². The lowest BCUT2D eigenvalue weighted by molar-refractivity contribution is -0.130. The molecule has 1 N–H and O–H groups in total. The molecule has 4 saturated carbocycles. The Kier molecular flexibility index (Phi) is 5.28. The first kappa shape index (κ1) is 19.7. The zero-order valence-corrected chi connectivity index (χ0v) is 18.1. The minimum Gasteiger partial charge on any atom is -0.353 e. The standard InChI is InChI=1S/C23H28Cl2N2O2/c24-19-4-3-15(11-20(19)25)23(29)27-5-1-2-16(12-27)22(28)26-21-17-7-13-6-14(9-17)10-18(21)8-13/h3-4,11,13-14,16-18,21H,1-2,5-10,12H2,(H,26,28).